The molecule has 1 heterocycles. The number of nitrogens with one attached hydrogen (secondary N) is 1. The molecule has 0 aliphatic heterocycles. The Labute approximate surface area is 125 Å². The van der Waals surface area contributed by atoms with E-state index in [4.69, 9.17) is 15.2 Å². The molecule has 0 radical (unpaired) electrons. The Morgan fingerprint density at radius 1 is 1.14 bits per heavy atom. The summed E-state index contributed by atoms with van der Waals surface area (Å²) < 4.78 is 10.5. The van der Waals surface area contributed by atoms with Crippen LogP contribution in [0.15, 0.2) is 30.5 Å². The largest absolute Gasteiger partial charge is 0.493 e. The maximum Gasteiger partial charge on any atom is 0.160 e. The second-order valence-corrected chi connectivity index (χ2v) is 4.80. The van der Waals surface area contributed by atoms with Crippen LogP contribution in [0.1, 0.15) is 11.1 Å². The Kier molecular flexibility index (Phi) is 4.87. The molecule has 21 heavy (non-hydrogen) atoms. The molecular formula is C16H21N3O2. The van der Waals surface area contributed by atoms with Crippen molar-refractivity contribution in [3.8, 4) is 11.5 Å². The summed E-state index contributed by atoms with van der Waals surface area (Å²) in [5.74, 6) is 2.35. The lowest BCUT2D eigenvalue weighted by Gasteiger charge is -2.11. The van der Waals surface area contributed by atoms with Gasteiger partial charge in [-0.05, 0) is 42.7 Å². The van der Waals surface area contributed by atoms with Crippen LogP contribution < -0.4 is 20.5 Å². The first-order valence-electron chi connectivity index (χ1n) is 6.81. The van der Waals surface area contributed by atoms with Crippen molar-refractivity contribution in [2.75, 3.05) is 31.8 Å². The van der Waals surface area contributed by atoms with Crippen molar-refractivity contribution in [2.24, 2.45) is 0 Å². The van der Waals surface area contributed by atoms with Crippen LogP contribution in [0.2, 0.25) is 0 Å². The highest BCUT2D eigenvalue weighted by molar-refractivity contribution is 5.51. The summed E-state index contributed by atoms with van der Waals surface area (Å²) in [4.78, 5) is 4.29. The van der Waals surface area contributed by atoms with Gasteiger partial charge in [0.05, 0.1) is 26.1 Å². The standard InChI is InChI=1S/C16H21N3O2/c1-11-8-13(17)10-19-16(11)18-7-6-12-4-5-14(20-2)15(9-12)21-3/h4-5,8-10H,6-7,17H2,1-3H3,(H,18,19). The highest BCUT2D eigenvalue weighted by atomic mass is 16.5. The molecule has 0 saturated heterocycles. The van der Waals surface area contributed by atoms with Crippen LogP contribution in [-0.2, 0) is 6.42 Å². The number of pyridine rings is 1. The Hall–Kier alpha value is -2.43. The third-order valence-electron chi connectivity index (χ3n) is 3.25. The first-order chi connectivity index (χ1) is 10.1. The molecule has 2 rings (SSSR count). The van der Waals surface area contributed by atoms with Gasteiger partial charge in [0, 0.05) is 6.54 Å². The number of nitrogen functional groups attached to an aromatic ring is 1. The maximum absolute atomic E-state index is 5.69. The van der Waals surface area contributed by atoms with Crippen molar-refractivity contribution >= 4 is 11.5 Å². The number of anilines is 2. The fourth-order valence-corrected chi connectivity index (χ4v) is 2.14. The minimum absolute atomic E-state index is 0.679. The van der Waals surface area contributed by atoms with Gasteiger partial charge in [-0.1, -0.05) is 6.07 Å². The summed E-state index contributed by atoms with van der Waals surface area (Å²) in [5.41, 5.74) is 8.59. The molecule has 3 N–H and O–H groups in total. The zero-order valence-electron chi connectivity index (χ0n) is 12.6. The summed E-state index contributed by atoms with van der Waals surface area (Å²) in [6.07, 6.45) is 2.53. The second-order valence-electron chi connectivity index (χ2n) is 4.80. The van der Waals surface area contributed by atoms with Crippen molar-refractivity contribution in [3.05, 3.63) is 41.6 Å². The van der Waals surface area contributed by atoms with Gasteiger partial charge in [0.25, 0.3) is 0 Å². The highest BCUT2D eigenvalue weighted by Gasteiger charge is 2.05. The van der Waals surface area contributed by atoms with Gasteiger partial charge in [-0.3, -0.25) is 0 Å². The summed E-state index contributed by atoms with van der Waals surface area (Å²) in [6, 6.07) is 7.85. The first-order valence-corrected chi connectivity index (χ1v) is 6.81. The number of rotatable bonds is 6. The number of benzene rings is 1. The summed E-state index contributed by atoms with van der Waals surface area (Å²) in [5, 5.41) is 3.32. The number of nitrogens with two attached hydrogens (primary N) is 1. The summed E-state index contributed by atoms with van der Waals surface area (Å²) >= 11 is 0. The lowest BCUT2D eigenvalue weighted by atomic mass is 10.1. The van der Waals surface area contributed by atoms with E-state index >= 15 is 0 Å². The molecule has 0 aliphatic carbocycles. The predicted molar refractivity (Wildman–Crippen MR) is 85.1 cm³/mol. The molecule has 0 aliphatic rings. The van der Waals surface area contributed by atoms with Crippen LogP contribution in [0.5, 0.6) is 11.5 Å². The lowest BCUT2D eigenvalue weighted by molar-refractivity contribution is 0.354. The van der Waals surface area contributed by atoms with Crippen LogP contribution >= 0.6 is 0 Å². The van der Waals surface area contributed by atoms with Gasteiger partial charge >= 0.3 is 0 Å². The molecule has 0 spiro atoms. The zero-order valence-corrected chi connectivity index (χ0v) is 12.6. The Balaban J connectivity index is 1.97. The van der Waals surface area contributed by atoms with E-state index in [1.165, 1.54) is 5.56 Å². The summed E-state index contributed by atoms with van der Waals surface area (Å²) in [7, 11) is 3.27. The summed E-state index contributed by atoms with van der Waals surface area (Å²) in [6.45, 7) is 2.77. The third kappa shape index (κ3) is 3.78. The molecule has 1 aromatic heterocycles. The SMILES string of the molecule is COc1ccc(CCNc2ncc(N)cc2C)cc1OC. The molecule has 0 amide bonds. The maximum atomic E-state index is 5.69. The van der Waals surface area contributed by atoms with Crippen molar-refractivity contribution in [2.45, 2.75) is 13.3 Å². The number of nitrogens with zero attached hydrogens (tertiary/aromatic N) is 1. The number of aromatic nitrogens is 1. The van der Waals surface area contributed by atoms with Crippen LogP contribution in [0.3, 0.4) is 0 Å². The molecule has 1 aromatic carbocycles. The molecule has 5 heteroatoms. The molecule has 0 unspecified atom stereocenters. The molecule has 0 fully saturated rings. The number of methoxy groups -OCH3 is 2. The van der Waals surface area contributed by atoms with Crippen LogP contribution in [-0.4, -0.2) is 25.7 Å². The fourth-order valence-electron chi connectivity index (χ4n) is 2.14. The van der Waals surface area contributed by atoms with Crippen LogP contribution in [0.4, 0.5) is 11.5 Å². The topological polar surface area (TPSA) is 69.4 Å². The number of hydrogen-bond donors (Lipinski definition) is 2. The van der Waals surface area contributed by atoms with Crippen molar-refractivity contribution in [1.29, 1.82) is 0 Å². The van der Waals surface area contributed by atoms with Gasteiger partial charge in [-0.25, -0.2) is 4.98 Å². The average molecular weight is 287 g/mol. The molecule has 112 valence electrons. The van der Waals surface area contributed by atoms with E-state index in [1.807, 2.05) is 31.2 Å². The molecule has 5 nitrogen and oxygen atoms in total. The van der Waals surface area contributed by atoms with Crippen LogP contribution in [0.25, 0.3) is 0 Å². The Bertz CT molecular complexity index is 614. The molecule has 0 saturated carbocycles. The number of aryl methyl sites for hydroxylation is 1. The van der Waals surface area contributed by atoms with E-state index in [1.54, 1.807) is 20.4 Å². The molecular weight excluding hydrogens is 266 g/mol. The fraction of sp³-hybridized carbons (Fsp3) is 0.312. The smallest absolute Gasteiger partial charge is 0.160 e. The van der Waals surface area contributed by atoms with Gasteiger partial charge in [0.15, 0.2) is 11.5 Å². The second kappa shape index (κ2) is 6.83. The van der Waals surface area contributed by atoms with E-state index in [-0.39, 0.29) is 0 Å². The van der Waals surface area contributed by atoms with Gasteiger partial charge in [-0.2, -0.15) is 0 Å². The van der Waals surface area contributed by atoms with Gasteiger partial charge < -0.3 is 20.5 Å². The normalized spacial score (nSPS) is 10.2. The zero-order chi connectivity index (χ0) is 15.2. The minimum Gasteiger partial charge on any atom is -0.493 e. The number of hydrogen-bond acceptors (Lipinski definition) is 5. The average Bonchev–Trinajstić information content (AvgIpc) is 2.49. The van der Waals surface area contributed by atoms with E-state index < -0.39 is 0 Å². The molecule has 0 bridgehead atoms. The molecule has 2 aromatic rings. The van der Waals surface area contributed by atoms with Gasteiger partial charge in [0.1, 0.15) is 5.82 Å². The monoisotopic (exact) mass is 287 g/mol. The van der Waals surface area contributed by atoms with Crippen molar-refractivity contribution < 1.29 is 9.47 Å². The van der Waals surface area contributed by atoms with E-state index in [9.17, 15) is 0 Å². The quantitative estimate of drug-likeness (QED) is 0.854. The van der Waals surface area contributed by atoms with E-state index in [2.05, 4.69) is 10.3 Å². The Morgan fingerprint density at radius 2 is 1.90 bits per heavy atom. The van der Waals surface area contributed by atoms with Crippen molar-refractivity contribution in [3.63, 3.8) is 0 Å². The minimum atomic E-state index is 0.679. The highest BCUT2D eigenvalue weighted by Crippen LogP contribution is 2.27. The van der Waals surface area contributed by atoms with Gasteiger partial charge in [0.2, 0.25) is 0 Å². The number of ether oxygens (including phenoxy) is 2. The first kappa shape index (κ1) is 15.0. The lowest BCUT2D eigenvalue weighted by Crippen LogP contribution is -2.08. The van der Waals surface area contributed by atoms with Crippen molar-refractivity contribution in [1.82, 2.24) is 4.98 Å². The van der Waals surface area contributed by atoms with E-state index in [0.29, 0.717) is 5.69 Å². The van der Waals surface area contributed by atoms with Crippen LogP contribution in [0, 0.1) is 6.92 Å². The predicted octanol–water partition coefficient (Wildman–Crippen LogP) is 2.64. The third-order valence-corrected chi connectivity index (χ3v) is 3.25. The Morgan fingerprint density at radius 3 is 2.57 bits per heavy atom. The van der Waals surface area contributed by atoms with E-state index in [0.717, 1.165) is 35.8 Å². The molecule has 0 atom stereocenters. The van der Waals surface area contributed by atoms with Gasteiger partial charge in [-0.15, -0.1) is 0 Å².